The van der Waals surface area contributed by atoms with Crippen molar-refractivity contribution in [2.45, 2.75) is 45.9 Å². The van der Waals surface area contributed by atoms with Crippen LogP contribution >= 0.6 is 0 Å². The average Bonchev–Trinajstić information content (AvgIpc) is 2.44. The van der Waals surface area contributed by atoms with Gasteiger partial charge in [0.1, 0.15) is 5.69 Å². The van der Waals surface area contributed by atoms with E-state index in [2.05, 4.69) is 10.6 Å². The van der Waals surface area contributed by atoms with Crippen LogP contribution in [0.2, 0.25) is 0 Å². The minimum absolute atomic E-state index is 0.0201. The Morgan fingerprint density at radius 2 is 2.00 bits per heavy atom. The fraction of sp³-hybridized carbons (Fsp3) is 0.467. The highest BCUT2D eigenvalue weighted by Crippen LogP contribution is 2.26. The molecule has 1 atom stereocenters. The van der Waals surface area contributed by atoms with Gasteiger partial charge in [0.15, 0.2) is 6.23 Å². The van der Waals surface area contributed by atoms with Gasteiger partial charge < -0.3 is 21.1 Å². The summed E-state index contributed by atoms with van der Waals surface area (Å²) in [6, 6.07) is 3.79. The van der Waals surface area contributed by atoms with Gasteiger partial charge in [0.05, 0.1) is 4.92 Å². The maximum absolute atomic E-state index is 11.8. The van der Waals surface area contributed by atoms with Crippen LogP contribution in [0, 0.1) is 10.1 Å². The zero-order valence-corrected chi connectivity index (χ0v) is 14.1. The second-order valence-corrected chi connectivity index (χ2v) is 6.17. The Bertz CT molecular complexity index is 639. The van der Waals surface area contributed by atoms with Gasteiger partial charge >= 0.3 is 6.09 Å². The molecule has 0 heterocycles. The third kappa shape index (κ3) is 5.75. The number of carbonyl (C=O) groups excluding carboxylic acids is 2. The summed E-state index contributed by atoms with van der Waals surface area (Å²) in [7, 11) is 0. The van der Waals surface area contributed by atoms with Gasteiger partial charge in [-0.2, -0.15) is 0 Å². The maximum Gasteiger partial charge on any atom is 0.409 e. The maximum atomic E-state index is 11.8. The van der Waals surface area contributed by atoms with Gasteiger partial charge in [-0.15, -0.1) is 0 Å². The largest absolute Gasteiger partial charge is 0.426 e. The summed E-state index contributed by atoms with van der Waals surface area (Å²) in [5.74, 6) is -0.766. The number of alkyl carbamates (subject to hydrolysis) is 1. The predicted octanol–water partition coefficient (Wildman–Crippen LogP) is 2.37. The lowest BCUT2D eigenvalue weighted by molar-refractivity contribution is -0.384. The fourth-order valence-electron chi connectivity index (χ4n) is 1.81. The molecule has 0 fully saturated rings. The summed E-state index contributed by atoms with van der Waals surface area (Å²) in [5, 5.41) is 16.6. The van der Waals surface area contributed by atoms with E-state index in [0.29, 0.717) is 6.42 Å². The van der Waals surface area contributed by atoms with Crippen molar-refractivity contribution in [3.63, 3.8) is 0 Å². The summed E-state index contributed by atoms with van der Waals surface area (Å²) in [4.78, 5) is 33.5. The molecular weight excluding hydrogens is 316 g/mol. The van der Waals surface area contributed by atoms with E-state index in [1.54, 1.807) is 27.7 Å². The standard InChI is InChI=1S/C15H22N4O5/c1-5-12(24-14(21)18-15(2,3)4)17-10-7-6-9(13(16)20)8-11(10)19(22)23/h6-8,12,17H,5H2,1-4H3,(H2,16,20)(H,18,21). The van der Waals surface area contributed by atoms with Crippen LogP contribution in [-0.4, -0.2) is 28.7 Å². The van der Waals surface area contributed by atoms with Crippen LogP contribution in [0.1, 0.15) is 44.5 Å². The lowest BCUT2D eigenvalue weighted by Gasteiger charge is -2.24. The number of nitrogens with one attached hydrogen (secondary N) is 2. The first kappa shape index (κ1) is 19.2. The predicted molar refractivity (Wildman–Crippen MR) is 88.7 cm³/mol. The highest BCUT2D eigenvalue weighted by atomic mass is 16.6. The third-order valence-corrected chi connectivity index (χ3v) is 2.89. The number of hydrogen-bond donors (Lipinski definition) is 3. The molecule has 0 saturated carbocycles. The highest BCUT2D eigenvalue weighted by molar-refractivity contribution is 5.94. The number of primary amides is 1. The van der Waals surface area contributed by atoms with E-state index in [-0.39, 0.29) is 16.9 Å². The van der Waals surface area contributed by atoms with Crippen molar-refractivity contribution in [3.05, 3.63) is 33.9 Å². The van der Waals surface area contributed by atoms with Crippen LogP contribution in [0.15, 0.2) is 18.2 Å². The molecule has 1 rings (SSSR count). The Kier molecular flexibility index (Phi) is 6.10. The van der Waals surface area contributed by atoms with E-state index in [0.717, 1.165) is 6.07 Å². The molecule has 4 N–H and O–H groups in total. The number of benzene rings is 1. The molecule has 0 aliphatic heterocycles. The van der Waals surface area contributed by atoms with Crippen molar-refractivity contribution in [2.24, 2.45) is 5.73 Å². The lowest BCUT2D eigenvalue weighted by atomic mass is 10.1. The van der Waals surface area contributed by atoms with Crippen LogP contribution in [-0.2, 0) is 4.74 Å². The van der Waals surface area contributed by atoms with E-state index in [1.165, 1.54) is 12.1 Å². The van der Waals surface area contributed by atoms with Crippen molar-refractivity contribution in [1.82, 2.24) is 5.32 Å². The highest BCUT2D eigenvalue weighted by Gasteiger charge is 2.22. The first-order chi connectivity index (χ1) is 11.0. The molecule has 0 bridgehead atoms. The summed E-state index contributed by atoms with van der Waals surface area (Å²) >= 11 is 0. The number of hydrogen-bond acceptors (Lipinski definition) is 6. The van der Waals surface area contributed by atoms with E-state index in [1.807, 2.05) is 0 Å². The summed E-state index contributed by atoms with van der Waals surface area (Å²) in [5.41, 5.74) is 4.47. The molecule has 9 nitrogen and oxygen atoms in total. The molecule has 132 valence electrons. The van der Waals surface area contributed by atoms with Crippen LogP contribution in [0.4, 0.5) is 16.2 Å². The second-order valence-electron chi connectivity index (χ2n) is 6.17. The van der Waals surface area contributed by atoms with Crippen molar-refractivity contribution in [2.75, 3.05) is 5.32 Å². The zero-order chi connectivity index (χ0) is 18.5. The van der Waals surface area contributed by atoms with E-state index >= 15 is 0 Å². The van der Waals surface area contributed by atoms with Gasteiger partial charge in [-0.1, -0.05) is 6.92 Å². The minimum Gasteiger partial charge on any atom is -0.426 e. The SMILES string of the molecule is CCC(Nc1ccc(C(N)=O)cc1[N+](=O)[O-])OC(=O)NC(C)(C)C. The average molecular weight is 338 g/mol. The van der Waals surface area contributed by atoms with E-state index < -0.39 is 28.7 Å². The molecule has 0 spiro atoms. The third-order valence-electron chi connectivity index (χ3n) is 2.89. The van der Waals surface area contributed by atoms with Crippen LogP contribution < -0.4 is 16.4 Å². The second kappa shape index (κ2) is 7.62. The van der Waals surface area contributed by atoms with Gasteiger partial charge in [-0.25, -0.2) is 4.79 Å². The van der Waals surface area contributed by atoms with Crippen LogP contribution in [0.5, 0.6) is 0 Å². The van der Waals surface area contributed by atoms with Gasteiger partial charge in [-0.3, -0.25) is 14.9 Å². The molecule has 0 radical (unpaired) electrons. The number of amides is 2. The summed E-state index contributed by atoms with van der Waals surface area (Å²) in [6.45, 7) is 7.16. The van der Waals surface area contributed by atoms with Crippen molar-refractivity contribution in [3.8, 4) is 0 Å². The lowest BCUT2D eigenvalue weighted by Crippen LogP contribution is -2.43. The molecule has 1 aromatic carbocycles. The van der Waals surface area contributed by atoms with Crippen LogP contribution in [0.25, 0.3) is 0 Å². The van der Waals surface area contributed by atoms with E-state index in [4.69, 9.17) is 10.5 Å². The van der Waals surface area contributed by atoms with Crippen molar-refractivity contribution >= 4 is 23.4 Å². The number of nitro groups is 1. The Morgan fingerprint density at radius 1 is 1.38 bits per heavy atom. The number of anilines is 1. The smallest absolute Gasteiger partial charge is 0.409 e. The van der Waals surface area contributed by atoms with Crippen molar-refractivity contribution < 1.29 is 19.2 Å². The van der Waals surface area contributed by atoms with Gasteiger partial charge in [0.25, 0.3) is 5.69 Å². The molecule has 9 heteroatoms. The monoisotopic (exact) mass is 338 g/mol. The Balaban J connectivity index is 2.94. The topological polar surface area (TPSA) is 137 Å². The van der Waals surface area contributed by atoms with Gasteiger partial charge in [0.2, 0.25) is 5.91 Å². The Labute approximate surface area is 139 Å². The number of nitro benzene ring substituents is 1. The number of ether oxygens (including phenoxy) is 1. The molecule has 0 aliphatic rings. The minimum atomic E-state index is -0.773. The summed E-state index contributed by atoms with van der Waals surface area (Å²) < 4.78 is 5.22. The quantitative estimate of drug-likeness (QED) is 0.414. The molecule has 0 saturated heterocycles. The summed E-state index contributed by atoms with van der Waals surface area (Å²) in [6.07, 6.45) is -1.03. The van der Waals surface area contributed by atoms with Gasteiger partial charge in [0, 0.05) is 23.6 Å². The first-order valence-corrected chi connectivity index (χ1v) is 7.37. The fourth-order valence-corrected chi connectivity index (χ4v) is 1.81. The zero-order valence-electron chi connectivity index (χ0n) is 14.1. The molecule has 2 amide bonds. The molecule has 24 heavy (non-hydrogen) atoms. The Hall–Kier alpha value is -2.84. The van der Waals surface area contributed by atoms with E-state index in [9.17, 15) is 19.7 Å². The Morgan fingerprint density at radius 3 is 2.46 bits per heavy atom. The molecule has 1 aromatic rings. The first-order valence-electron chi connectivity index (χ1n) is 7.37. The van der Waals surface area contributed by atoms with Crippen LogP contribution in [0.3, 0.4) is 0 Å². The van der Waals surface area contributed by atoms with Gasteiger partial charge in [-0.05, 0) is 32.9 Å². The van der Waals surface area contributed by atoms with Crippen molar-refractivity contribution in [1.29, 1.82) is 0 Å². The normalized spacial score (nSPS) is 12.2. The number of rotatable bonds is 6. The number of nitrogens with two attached hydrogens (primary N) is 1. The number of carbonyl (C=O) groups is 2. The molecule has 0 aliphatic carbocycles. The number of nitrogens with zero attached hydrogens (tertiary/aromatic N) is 1. The molecule has 1 unspecified atom stereocenters. The molecule has 0 aromatic heterocycles. The molecular formula is C15H22N4O5.